The van der Waals surface area contributed by atoms with E-state index in [1.165, 1.54) is 10.8 Å². The quantitative estimate of drug-likeness (QED) is 0.438. The molecule has 0 bridgehead atoms. The minimum atomic E-state index is -0.555. The van der Waals surface area contributed by atoms with Crippen molar-refractivity contribution >= 4 is 5.82 Å². The van der Waals surface area contributed by atoms with E-state index < -0.39 is 4.92 Å². The Morgan fingerprint density at radius 2 is 2.33 bits per heavy atom. The summed E-state index contributed by atoms with van der Waals surface area (Å²) in [6.07, 6.45) is 1.31. The van der Waals surface area contributed by atoms with Crippen molar-refractivity contribution in [2.45, 2.75) is 6.54 Å². The zero-order valence-corrected chi connectivity index (χ0v) is 9.27. The fourth-order valence-corrected chi connectivity index (χ4v) is 0.721. The zero-order chi connectivity index (χ0) is 8.43. The maximum absolute atomic E-state index is 10.2. The maximum Gasteiger partial charge on any atom is 0.378 e. The van der Waals surface area contributed by atoms with Crippen LogP contribution < -0.4 is 0 Å². The van der Waals surface area contributed by atoms with Crippen molar-refractivity contribution in [1.29, 1.82) is 0 Å². The molecule has 63 valence electrons. The molecule has 0 amide bonds. The van der Waals surface area contributed by atoms with Gasteiger partial charge >= 0.3 is 5.82 Å². The van der Waals surface area contributed by atoms with Crippen molar-refractivity contribution in [2.75, 3.05) is 0 Å². The van der Waals surface area contributed by atoms with Crippen molar-refractivity contribution in [3.05, 3.63) is 36.0 Å². The van der Waals surface area contributed by atoms with Crippen LogP contribution in [0.3, 0.4) is 0 Å². The molecule has 0 aliphatic heterocycles. The zero-order valence-electron chi connectivity index (χ0n) is 6.43. The van der Waals surface area contributed by atoms with Gasteiger partial charge in [0.1, 0.15) is 6.20 Å². The summed E-state index contributed by atoms with van der Waals surface area (Å²) >= 11 is 0. The third kappa shape index (κ3) is 2.28. The molecule has 0 unspecified atom stereocenters. The summed E-state index contributed by atoms with van der Waals surface area (Å²) in [5.41, 5.74) is 0. The molecule has 1 heterocycles. The molecule has 0 fully saturated rings. The van der Waals surface area contributed by atoms with Crippen LogP contribution in [0.15, 0.2) is 6.20 Å². The summed E-state index contributed by atoms with van der Waals surface area (Å²) in [7, 11) is 0. The Labute approximate surface area is 95.2 Å². The van der Waals surface area contributed by atoms with Gasteiger partial charge in [0.25, 0.3) is 0 Å². The van der Waals surface area contributed by atoms with Crippen LogP contribution in [0.2, 0.25) is 0 Å². The average Bonchev–Trinajstić information content (AvgIpc) is 2.31. The van der Waals surface area contributed by atoms with E-state index in [0.29, 0.717) is 12.4 Å². The summed E-state index contributed by atoms with van der Waals surface area (Å²) in [4.78, 5) is 13.2. The van der Waals surface area contributed by atoms with Crippen LogP contribution in [0.4, 0.5) is 5.82 Å². The summed E-state index contributed by atoms with van der Waals surface area (Å²) in [5.74, 6) is 0.186. The molecule has 1 aromatic rings. The standard InChI is InChI=1S/C6H7N3O2.Y/c1-3-8-4-6(9(10)11)7-5(8)2;/h4H,1-3H2;/q-2;. The molecule has 0 N–H and O–H groups in total. The monoisotopic (exact) mass is 242 g/mol. The minimum absolute atomic E-state index is 0. The fourth-order valence-electron chi connectivity index (χ4n) is 0.721. The van der Waals surface area contributed by atoms with Gasteiger partial charge in [-0.1, -0.05) is 4.98 Å². The van der Waals surface area contributed by atoms with Crippen molar-refractivity contribution in [3.8, 4) is 0 Å². The van der Waals surface area contributed by atoms with Crippen LogP contribution in [0.25, 0.3) is 0 Å². The first-order valence-electron chi connectivity index (χ1n) is 2.98. The Kier molecular flexibility index (Phi) is 4.41. The SMILES string of the molecule is [CH2-]Cn1cc([N+](=O)[O-])nc1[CH2-].[Y]. The number of hydrogen-bond donors (Lipinski definition) is 0. The molecule has 5 nitrogen and oxygen atoms in total. The predicted octanol–water partition coefficient (Wildman–Crippen LogP) is 0.805. The van der Waals surface area contributed by atoms with Gasteiger partial charge in [-0.3, -0.25) is 0 Å². The van der Waals surface area contributed by atoms with E-state index in [1.54, 1.807) is 0 Å². The third-order valence-electron chi connectivity index (χ3n) is 1.27. The Morgan fingerprint density at radius 3 is 2.58 bits per heavy atom. The van der Waals surface area contributed by atoms with E-state index in [0.717, 1.165) is 0 Å². The first-order chi connectivity index (χ1) is 5.15. The van der Waals surface area contributed by atoms with Gasteiger partial charge in [-0.05, 0) is 4.92 Å². The van der Waals surface area contributed by atoms with E-state index in [4.69, 9.17) is 0 Å². The third-order valence-corrected chi connectivity index (χ3v) is 1.27. The van der Waals surface area contributed by atoms with Crippen molar-refractivity contribution < 1.29 is 37.6 Å². The number of aromatic nitrogens is 2. The molecule has 0 saturated heterocycles. The van der Waals surface area contributed by atoms with E-state index in [1.807, 2.05) is 0 Å². The number of imidazole rings is 1. The normalized spacial score (nSPS) is 9.08. The molecule has 1 aromatic heterocycles. The summed E-state index contributed by atoms with van der Waals surface area (Å²) in [6.45, 7) is 7.45. The van der Waals surface area contributed by atoms with E-state index in [-0.39, 0.29) is 38.5 Å². The minimum Gasteiger partial charge on any atom is -0.364 e. The molecule has 12 heavy (non-hydrogen) atoms. The number of nitro groups is 1. The van der Waals surface area contributed by atoms with E-state index >= 15 is 0 Å². The summed E-state index contributed by atoms with van der Waals surface area (Å²) in [6, 6.07) is 0. The molecule has 0 aliphatic rings. The topological polar surface area (TPSA) is 61.0 Å². The second-order valence-electron chi connectivity index (χ2n) is 1.97. The van der Waals surface area contributed by atoms with Crippen LogP contribution in [0.1, 0.15) is 5.82 Å². The molecule has 6 heteroatoms. The van der Waals surface area contributed by atoms with Crippen LogP contribution in [0, 0.1) is 24.0 Å². The molecule has 1 radical (unpaired) electrons. The molecule has 0 atom stereocenters. The van der Waals surface area contributed by atoms with Gasteiger partial charge in [-0.15, -0.1) is 6.54 Å². The predicted molar refractivity (Wildman–Crippen MR) is 38.7 cm³/mol. The molecule has 0 saturated carbocycles. The van der Waals surface area contributed by atoms with Crippen molar-refractivity contribution in [1.82, 2.24) is 9.55 Å². The Morgan fingerprint density at radius 1 is 1.75 bits per heavy atom. The van der Waals surface area contributed by atoms with Crippen LogP contribution in [0.5, 0.6) is 0 Å². The van der Waals surface area contributed by atoms with Gasteiger partial charge < -0.3 is 28.5 Å². The second kappa shape index (κ2) is 4.57. The summed E-state index contributed by atoms with van der Waals surface area (Å²) < 4.78 is 1.51. The van der Waals surface area contributed by atoms with Crippen molar-refractivity contribution in [2.24, 2.45) is 0 Å². The fraction of sp³-hybridized carbons (Fsp3) is 0.167. The number of rotatable bonds is 2. The maximum atomic E-state index is 10.2. The number of nitrogens with zero attached hydrogens (tertiary/aromatic N) is 3. The number of hydrogen-bond acceptors (Lipinski definition) is 3. The Bertz CT molecular complexity index is 284. The van der Waals surface area contributed by atoms with Crippen LogP contribution in [-0.4, -0.2) is 14.5 Å². The van der Waals surface area contributed by atoms with Crippen molar-refractivity contribution in [3.63, 3.8) is 0 Å². The molecule has 1 rings (SSSR count). The molecular formula is C6H7N3O2Y-2. The average molecular weight is 242 g/mol. The Hall–Kier alpha value is -0.416. The first kappa shape index (κ1) is 11.6. The van der Waals surface area contributed by atoms with Gasteiger partial charge in [0.15, 0.2) is 0 Å². The summed E-state index contributed by atoms with van der Waals surface area (Å²) in [5, 5.41) is 10.2. The van der Waals surface area contributed by atoms with Crippen LogP contribution in [-0.2, 0) is 39.3 Å². The van der Waals surface area contributed by atoms with E-state index in [9.17, 15) is 10.1 Å². The second-order valence-corrected chi connectivity index (χ2v) is 1.97. The van der Waals surface area contributed by atoms with Gasteiger partial charge in [-0.25, -0.2) is 0 Å². The molecule has 0 aliphatic carbocycles. The van der Waals surface area contributed by atoms with Gasteiger partial charge in [0.2, 0.25) is 0 Å². The first-order valence-corrected chi connectivity index (χ1v) is 2.98. The van der Waals surface area contributed by atoms with Crippen LogP contribution >= 0.6 is 0 Å². The molecule has 0 spiro atoms. The molecular weight excluding hydrogens is 235 g/mol. The Balaban J connectivity index is 0.00000121. The van der Waals surface area contributed by atoms with Gasteiger partial charge in [0.05, 0.1) is 5.82 Å². The van der Waals surface area contributed by atoms with Gasteiger partial charge in [-0.2, -0.15) is 0 Å². The smallest absolute Gasteiger partial charge is 0.364 e. The van der Waals surface area contributed by atoms with E-state index in [2.05, 4.69) is 18.8 Å². The van der Waals surface area contributed by atoms with Gasteiger partial charge in [0, 0.05) is 32.7 Å². The molecule has 0 aromatic carbocycles. The largest absolute Gasteiger partial charge is 0.378 e.